The van der Waals surface area contributed by atoms with Crippen molar-refractivity contribution < 1.29 is 9.53 Å². The number of fused-ring (bicyclic) bond motifs is 1. The zero-order valence-electron chi connectivity index (χ0n) is 11.1. The molecule has 1 aromatic carbocycles. The standard InChI is InChI=1S/C14H20N2O2/c1-14(2,9-18-3)16-13(17)12-8-10-6-4-5-7-11(10)15-12/h4-7,12,15H,8-9H2,1-3H3,(H,16,17)/t12-/m0/s1. The normalized spacial score (nSPS) is 18.1. The lowest BCUT2D eigenvalue weighted by Gasteiger charge is -2.27. The quantitative estimate of drug-likeness (QED) is 0.850. The fourth-order valence-corrected chi connectivity index (χ4v) is 2.27. The molecular weight excluding hydrogens is 228 g/mol. The first-order valence-electron chi connectivity index (χ1n) is 6.17. The highest BCUT2D eigenvalue weighted by molar-refractivity contribution is 5.87. The number of hydrogen-bond acceptors (Lipinski definition) is 3. The fourth-order valence-electron chi connectivity index (χ4n) is 2.27. The molecule has 0 fully saturated rings. The van der Waals surface area contributed by atoms with Gasteiger partial charge in [-0.3, -0.25) is 4.79 Å². The summed E-state index contributed by atoms with van der Waals surface area (Å²) in [7, 11) is 1.64. The molecule has 1 aromatic rings. The summed E-state index contributed by atoms with van der Waals surface area (Å²) in [6, 6.07) is 7.84. The van der Waals surface area contributed by atoms with Gasteiger partial charge in [0, 0.05) is 19.2 Å². The fraction of sp³-hybridized carbons (Fsp3) is 0.500. The zero-order chi connectivity index (χ0) is 13.2. The van der Waals surface area contributed by atoms with Crippen LogP contribution in [0.2, 0.25) is 0 Å². The molecule has 0 bridgehead atoms. The lowest BCUT2D eigenvalue weighted by atomic mass is 10.0. The van der Waals surface area contributed by atoms with Crippen molar-refractivity contribution in [2.24, 2.45) is 0 Å². The molecule has 1 aliphatic heterocycles. The van der Waals surface area contributed by atoms with E-state index >= 15 is 0 Å². The Labute approximate surface area is 108 Å². The van der Waals surface area contributed by atoms with E-state index in [4.69, 9.17) is 4.74 Å². The number of amides is 1. The van der Waals surface area contributed by atoms with E-state index in [9.17, 15) is 4.79 Å². The smallest absolute Gasteiger partial charge is 0.243 e. The predicted octanol–water partition coefficient (Wildman–Crippen LogP) is 1.56. The largest absolute Gasteiger partial charge is 0.382 e. The molecule has 0 unspecified atom stereocenters. The number of carbonyl (C=O) groups excluding carboxylic acids is 1. The van der Waals surface area contributed by atoms with Crippen LogP contribution in [0, 0.1) is 0 Å². The lowest BCUT2D eigenvalue weighted by molar-refractivity contribution is -0.123. The SMILES string of the molecule is COCC(C)(C)NC(=O)[C@@H]1Cc2ccccc2N1. The van der Waals surface area contributed by atoms with Crippen LogP contribution >= 0.6 is 0 Å². The van der Waals surface area contributed by atoms with Gasteiger partial charge >= 0.3 is 0 Å². The molecule has 0 saturated heterocycles. The van der Waals surface area contributed by atoms with Crippen molar-refractivity contribution in [2.45, 2.75) is 31.8 Å². The van der Waals surface area contributed by atoms with Crippen molar-refractivity contribution in [1.29, 1.82) is 0 Å². The van der Waals surface area contributed by atoms with Gasteiger partial charge in [-0.05, 0) is 25.5 Å². The molecular formula is C14H20N2O2. The van der Waals surface area contributed by atoms with Crippen molar-refractivity contribution in [1.82, 2.24) is 5.32 Å². The first-order chi connectivity index (χ1) is 8.52. The van der Waals surface area contributed by atoms with Crippen LogP contribution in [0.5, 0.6) is 0 Å². The highest BCUT2D eigenvalue weighted by Gasteiger charge is 2.30. The monoisotopic (exact) mass is 248 g/mol. The van der Waals surface area contributed by atoms with E-state index in [0.717, 1.165) is 12.1 Å². The van der Waals surface area contributed by atoms with Gasteiger partial charge in [0.25, 0.3) is 0 Å². The van der Waals surface area contributed by atoms with Crippen molar-refractivity contribution >= 4 is 11.6 Å². The van der Waals surface area contributed by atoms with Gasteiger partial charge in [-0.15, -0.1) is 0 Å². The summed E-state index contributed by atoms with van der Waals surface area (Å²) in [4.78, 5) is 12.2. The molecule has 2 rings (SSSR count). The second-order valence-electron chi connectivity index (χ2n) is 5.36. The molecule has 0 radical (unpaired) electrons. The maximum atomic E-state index is 12.2. The Bertz CT molecular complexity index is 418. The van der Waals surface area contributed by atoms with Gasteiger partial charge in [0.05, 0.1) is 12.1 Å². The Balaban J connectivity index is 1.97. The van der Waals surface area contributed by atoms with Gasteiger partial charge in [0.15, 0.2) is 0 Å². The minimum atomic E-state index is -0.345. The van der Waals surface area contributed by atoms with E-state index in [2.05, 4.69) is 16.7 Å². The van der Waals surface area contributed by atoms with Gasteiger partial charge in [0.2, 0.25) is 5.91 Å². The second-order valence-corrected chi connectivity index (χ2v) is 5.36. The van der Waals surface area contributed by atoms with E-state index in [1.54, 1.807) is 7.11 Å². The lowest BCUT2D eigenvalue weighted by Crippen LogP contribution is -2.51. The van der Waals surface area contributed by atoms with Crippen LogP contribution in [0.3, 0.4) is 0 Å². The second kappa shape index (κ2) is 4.98. The van der Waals surface area contributed by atoms with Crippen LogP contribution in [0.25, 0.3) is 0 Å². The number of rotatable bonds is 4. The van der Waals surface area contributed by atoms with Crippen LogP contribution in [-0.2, 0) is 16.0 Å². The molecule has 0 aliphatic carbocycles. The van der Waals surface area contributed by atoms with Crippen LogP contribution in [0.4, 0.5) is 5.69 Å². The zero-order valence-corrected chi connectivity index (χ0v) is 11.1. The molecule has 1 aliphatic rings. The average Bonchev–Trinajstić information content (AvgIpc) is 2.71. The number of anilines is 1. The Hall–Kier alpha value is -1.55. The maximum Gasteiger partial charge on any atom is 0.243 e. The Morgan fingerprint density at radius 1 is 1.50 bits per heavy atom. The Morgan fingerprint density at radius 3 is 2.89 bits per heavy atom. The third-order valence-electron chi connectivity index (χ3n) is 3.05. The molecule has 0 saturated carbocycles. The van der Waals surface area contributed by atoms with Gasteiger partial charge in [-0.2, -0.15) is 0 Å². The van der Waals surface area contributed by atoms with Crippen LogP contribution < -0.4 is 10.6 Å². The predicted molar refractivity (Wildman–Crippen MR) is 71.7 cm³/mol. The van der Waals surface area contributed by atoms with E-state index < -0.39 is 0 Å². The minimum Gasteiger partial charge on any atom is -0.382 e. The molecule has 1 atom stereocenters. The molecule has 1 amide bonds. The molecule has 0 aromatic heterocycles. The summed E-state index contributed by atoms with van der Waals surface area (Å²) < 4.78 is 5.10. The Morgan fingerprint density at radius 2 is 2.22 bits per heavy atom. The molecule has 18 heavy (non-hydrogen) atoms. The highest BCUT2D eigenvalue weighted by Crippen LogP contribution is 2.25. The van der Waals surface area contributed by atoms with E-state index in [1.807, 2.05) is 32.0 Å². The van der Waals surface area contributed by atoms with E-state index in [0.29, 0.717) is 6.61 Å². The van der Waals surface area contributed by atoms with Crippen molar-refractivity contribution in [3.8, 4) is 0 Å². The van der Waals surface area contributed by atoms with Crippen LogP contribution in [-0.4, -0.2) is 31.2 Å². The summed E-state index contributed by atoms with van der Waals surface area (Å²) in [6.45, 7) is 4.41. The number of hydrogen-bond donors (Lipinski definition) is 2. The van der Waals surface area contributed by atoms with Gasteiger partial charge in [-0.1, -0.05) is 18.2 Å². The molecule has 0 spiro atoms. The number of carbonyl (C=O) groups is 1. The average molecular weight is 248 g/mol. The van der Waals surface area contributed by atoms with Crippen LogP contribution in [0.1, 0.15) is 19.4 Å². The Kier molecular flexibility index (Phi) is 3.57. The summed E-state index contributed by atoms with van der Waals surface area (Å²) >= 11 is 0. The van der Waals surface area contributed by atoms with Gasteiger partial charge in [-0.25, -0.2) is 0 Å². The number of para-hydroxylation sites is 1. The van der Waals surface area contributed by atoms with E-state index in [-0.39, 0.29) is 17.5 Å². The van der Waals surface area contributed by atoms with Crippen molar-refractivity contribution in [3.63, 3.8) is 0 Å². The number of nitrogens with one attached hydrogen (secondary N) is 2. The molecule has 4 heteroatoms. The molecule has 1 heterocycles. The maximum absolute atomic E-state index is 12.2. The topological polar surface area (TPSA) is 50.4 Å². The van der Waals surface area contributed by atoms with Gasteiger partial charge in [0.1, 0.15) is 6.04 Å². The van der Waals surface area contributed by atoms with Gasteiger partial charge < -0.3 is 15.4 Å². The number of methoxy groups -OCH3 is 1. The summed E-state index contributed by atoms with van der Waals surface area (Å²) in [5.41, 5.74) is 1.91. The molecule has 98 valence electrons. The number of ether oxygens (including phenoxy) is 1. The van der Waals surface area contributed by atoms with Crippen molar-refractivity contribution in [2.75, 3.05) is 19.0 Å². The first-order valence-corrected chi connectivity index (χ1v) is 6.17. The van der Waals surface area contributed by atoms with Crippen molar-refractivity contribution in [3.05, 3.63) is 29.8 Å². The highest BCUT2D eigenvalue weighted by atomic mass is 16.5. The third-order valence-corrected chi connectivity index (χ3v) is 3.05. The number of benzene rings is 1. The summed E-state index contributed by atoms with van der Waals surface area (Å²) in [5.74, 6) is 0.0215. The minimum absolute atomic E-state index is 0.0215. The summed E-state index contributed by atoms with van der Waals surface area (Å²) in [6.07, 6.45) is 0.741. The van der Waals surface area contributed by atoms with Crippen LogP contribution in [0.15, 0.2) is 24.3 Å². The summed E-state index contributed by atoms with van der Waals surface area (Å²) in [5, 5.41) is 6.25. The molecule has 2 N–H and O–H groups in total. The van der Waals surface area contributed by atoms with E-state index in [1.165, 1.54) is 5.56 Å². The third kappa shape index (κ3) is 2.82. The first kappa shape index (κ1) is 12.9. The molecule has 4 nitrogen and oxygen atoms in total.